The largest absolute Gasteiger partial charge is 0.573 e. The molecule has 36 heavy (non-hydrogen) atoms. The number of para-hydroxylation sites is 1. The first-order valence-electron chi connectivity index (χ1n) is 11.2. The van der Waals surface area contributed by atoms with Crippen LogP contribution in [-0.2, 0) is 11.3 Å². The first kappa shape index (κ1) is 26.8. The lowest BCUT2D eigenvalue weighted by molar-refractivity contribution is -0.384. The summed E-state index contributed by atoms with van der Waals surface area (Å²) in [5.41, 5.74) is -0.657. The van der Waals surface area contributed by atoms with Crippen molar-refractivity contribution in [2.24, 2.45) is 5.92 Å². The predicted octanol–water partition coefficient (Wildman–Crippen LogP) is 5.17. The van der Waals surface area contributed by atoms with Crippen LogP contribution in [0, 0.1) is 16.0 Å². The SMILES string of the molecule is CC(C)(C)OC(=O)N1CCC(CNc2cc(NCc3ccccc3OC(F)(F)F)c([N+](=O)[O-])cn2)C1. The highest BCUT2D eigenvalue weighted by molar-refractivity contribution is 5.68. The number of rotatable bonds is 8. The number of amides is 1. The number of pyridine rings is 1. The molecule has 0 bridgehead atoms. The van der Waals surface area contributed by atoms with Crippen molar-refractivity contribution < 1.29 is 32.4 Å². The van der Waals surface area contributed by atoms with Gasteiger partial charge in [0.15, 0.2) is 0 Å². The van der Waals surface area contributed by atoms with Crippen LogP contribution in [0.4, 0.5) is 35.2 Å². The first-order chi connectivity index (χ1) is 16.8. The van der Waals surface area contributed by atoms with Crippen molar-refractivity contribution in [3.8, 4) is 5.75 Å². The molecule has 3 rings (SSSR count). The van der Waals surface area contributed by atoms with Crippen molar-refractivity contribution in [1.29, 1.82) is 0 Å². The van der Waals surface area contributed by atoms with Gasteiger partial charge in [0.2, 0.25) is 0 Å². The van der Waals surface area contributed by atoms with E-state index in [0.717, 1.165) is 12.6 Å². The summed E-state index contributed by atoms with van der Waals surface area (Å²) in [6.07, 6.45) is -3.42. The van der Waals surface area contributed by atoms with Crippen LogP contribution in [-0.4, -0.2) is 52.5 Å². The summed E-state index contributed by atoms with van der Waals surface area (Å²) in [5, 5.41) is 17.4. The third-order valence-corrected chi connectivity index (χ3v) is 5.26. The molecular formula is C23H28F3N5O5. The molecule has 2 heterocycles. The molecule has 1 amide bonds. The van der Waals surface area contributed by atoms with Crippen molar-refractivity contribution in [1.82, 2.24) is 9.88 Å². The summed E-state index contributed by atoms with van der Waals surface area (Å²) in [6, 6.07) is 6.95. The van der Waals surface area contributed by atoms with Gasteiger partial charge in [-0.2, -0.15) is 0 Å². The molecule has 0 spiro atoms. The number of nitrogens with one attached hydrogen (secondary N) is 2. The van der Waals surface area contributed by atoms with Gasteiger partial charge in [-0.1, -0.05) is 18.2 Å². The maximum Gasteiger partial charge on any atom is 0.573 e. The topological polar surface area (TPSA) is 119 Å². The van der Waals surface area contributed by atoms with E-state index in [4.69, 9.17) is 4.74 Å². The molecule has 1 aromatic carbocycles. The van der Waals surface area contributed by atoms with Gasteiger partial charge in [-0.05, 0) is 39.2 Å². The molecule has 13 heteroatoms. The van der Waals surface area contributed by atoms with E-state index in [0.29, 0.717) is 25.5 Å². The fourth-order valence-corrected chi connectivity index (χ4v) is 3.64. The van der Waals surface area contributed by atoms with E-state index in [1.165, 1.54) is 30.3 Å². The number of carbonyl (C=O) groups is 1. The van der Waals surface area contributed by atoms with Gasteiger partial charge in [-0.3, -0.25) is 10.1 Å². The van der Waals surface area contributed by atoms with Crippen molar-refractivity contribution in [3.63, 3.8) is 0 Å². The Morgan fingerprint density at radius 3 is 2.64 bits per heavy atom. The van der Waals surface area contributed by atoms with Gasteiger partial charge in [0.1, 0.15) is 29.1 Å². The second kappa shape index (κ2) is 10.9. The molecule has 1 aromatic heterocycles. The van der Waals surface area contributed by atoms with Crippen LogP contribution in [0.3, 0.4) is 0 Å². The van der Waals surface area contributed by atoms with Crippen molar-refractivity contribution in [2.45, 2.75) is 45.7 Å². The number of anilines is 2. The summed E-state index contributed by atoms with van der Waals surface area (Å²) in [7, 11) is 0. The summed E-state index contributed by atoms with van der Waals surface area (Å²) >= 11 is 0. The number of aromatic nitrogens is 1. The normalized spacial score (nSPS) is 15.9. The third-order valence-electron chi connectivity index (χ3n) is 5.26. The Morgan fingerprint density at radius 1 is 1.25 bits per heavy atom. The zero-order valence-corrected chi connectivity index (χ0v) is 20.1. The number of ether oxygens (including phenoxy) is 2. The fraction of sp³-hybridized carbons (Fsp3) is 0.478. The highest BCUT2D eigenvalue weighted by Gasteiger charge is 2.32. The lowest BCUT2D eigenvalue weighted by Gasteiger charge is -2.24. The van der Waals surface area contributed by atoms with E-state index < -0.39 is 22.6 Å². The van der Waals surface area contributed by atoms with Gasteiger partial charge in [0.05, 0.1) is 4.92 Å². The molecule has 1 saturated heterocycles. The number of nitro groups is 1. The van der Waals surface area contributed by atoms with Crippen molar-refractivity contribution in [2.75, 3.05) is 30.3 Å². The number of benzene rings is 1. The van der Waals surface area contributed by atoms with Crippen LogP contribution >= 0.6 is 0 Å². The van der Waals surface area contributed by atoms with Crippen LogP contribution in [0.1, 0.15) is 32.8 Å². The van der Waals surface area contributed by atoms with Gasteiger partial charge in [-0.15, -0.1) is 13.2 Å². The number of nitrogens with zero attached hydrogens (tertiary/aromatic N) is 3. The Morgan fingerprint density at radius 2 is 1.97 bits per heavy atom. The molecule has 1 aliphatic heterocycles. The molecule has 1 fully saturated rings. The minimum absolute atomic E-state index is 0.0844. The second-order valence-electron chi connectivity index (χ2n) is 9.31. The molecule has 0 saturated carbocycles. The monoisotopic (exact) mass is 511 g/mol. The molecule has 1 atom stereocenters. The average Bonchev–Trinajstić information content (AvgIpc) is 3.24. The number of hydrogen-bond donors (Lipinski definition) is 2. The summed E-state index contributed by atoms with van der Waals surface area (Å²) in [5.74, 6) is 0.0688. The number of hydrogen-bond acceptors (Lipinski definition) is 8. The average molecular weight is 512 g/mol. The number of likely N-dealkylation sites (tertiary alicyclic amines) is 1. The van der Waals surface area contributed by atoms with E-state index in [1.54, 1.807) is 25.7 Å². The predicted molar refractivity (Wildman–Crippen MR) is 126 cm³/mol. The maximum absolute atomic E-state index is 12.7. The minimum atomic E-state index is -4.87. The smallest absolute Gasteiger partial charge is 0.444 e. The summed E-state index contributed by atoms with van der Waals surface area (Å²) in [6.45, 7) is 6.77. The second-order valence-corrected chi connectivity index (χ2v) is 9.31. The van der Waals surface area contributed by atoms with Gasteiger partial charge in [-0.25, -0.2) is 9.78 Å². The number of alkyl halides is 3. The summed E-state index contributed by atoms with van der Waals surface area (Å²) in [4.78, 5) is 28.8. The van der Waals surface area contributed by atoms with Gasteiger partial charge in [0, 0.05) is 37.8 Å². The fourth-order valence-electron chi connectivity index (χ4n) is 3.64. The molecule has 2 N–H and O–H groups in total. The molecule has 0 aliphatic carbocycles. The van der Waals surface area contributed by atoms with Crippen LogP contribution < -0.4 is 15.4 Å². The van der Waals surface area contributed by atoms with E-state index in [1.807, 2.05) is 0 Å². The van der Waals surface area contributed by atoms with E-state index >= 15 is 0 Å². The number of halogens is 3. The van der Waals surface area contributed by atoms with Crippen molar-refractivity contribution in [3.05, 3.63) is 52.2 Å². The lowest BCUT2D eigenvalue weighted by atomic mass is 10.1. The standard InChI is InChI=1S/C23H28F3N5O5/c1-22(2,3)36-21(32)30-9-8-15(14-30)11-28-20-10-17(18(13-29-20)31(33)34)27-12-16-6-4-5-7-19(16)35-23(24,25)26/h4-7,10,13,15H,8-9,11-12,14H2,1-3H3,(H2,27,28,29). The van der Waals surface area contributed by atoms with Gasteiger partial charge >= 0.3 is 18.1 Å². The molecule has 10 nitrogen and oxygen atoms in total. The molecule has 196 valence electrons. The lowest BCUT2D eigenvalue weighted by Crippen LogP contribution is -2.35. The number of carbonyl (C=O) groups excluding carboxylic acids is 1. The van der Waals surface area contributed by atoms with Gasteiger partial charge < -0.3 is 25.0 Å². The van der Waals surface area contributed by atoms with Crippen LogP contribution in [0.2, 0.25) is 0 Å². The Bertz CT molecular complexity index is 1090. The van der Waals surface area contributed by atoms with Crippen LogP contribution in [0.5, 0.6) is 5.75 Å². The highest BCUT2D eigenvalue weighted by atomic mass is 19.4. The Balaban J connectivity index is 1.64. The Hall–Kier alpha value is -3.77. The molecular weight excluding hydrogens is 483 g/mol. The zero-order valence-electron chi connectivity index (χ0n) is 20.1. The van der Waals surface area contributed by atoms with E-state index in [-0.39, 0.29) is 35.5 Å². The molecule has 2 aromatic rings. The maximum atomic E-state index is 12.7. The highest BCUT2D eigenvalue weighted by Crippen LogP contribution is 2.30. The molecule has 1 unspecified atom stereocenters. The van der Waals surface area contributed by atoms with E-state index in [9.17, 15) is 28.1 Å². The Kier molecular flexibility index (Phi) is 8.10. The van der Waals surface area contributed by atoms with Gasteiger partial charge in [0.25, 0.3) is 0 Å². The van der Waals surface area contributed by atoms with E-state index in [2.05, 4.69) is 20.4 Å². The molecule has 1 aliphatic rings. The molecule has 0 radical (unpaired) electrons. The first-order valence-corrected chi connectivity index (χ1v) is 11.2. The minimum Gasteiger partial charge on any atom is -0.444 e. The van der Waals surface area contributed by atoms with Crippen LogP contribution in [0.25, 0.3) is 0 Å². The quantitative estimate of drug-likeness (QED) is 0.368. The van der Waals surface area contributed by atoms with Crippen LogP contribution in [0.15, 0.2) is 36.5 Å². The zero-order chi connectivity index (χ0) is 26.5. The summed E-state index contributed by atoms with van der Waals surface area (Å²) < 4.78 is 47.5. The third kappa shape index (κ3) is 7.89. The van der Waals surface area contributed by atoms with Crippen molar-refractivity contribution >= 4 is 23.3 Å². The Labute approximate surface area is 205 Å².